The van der Waals surface area contributed by atoms with Crippen molar-refractivity contribution in [3.8, 4) is 0 Å². The molecule has 0 radical (unpaired) electrons. The smallest absolute Gasteiger partial charge is 0.379 e. The molecule has 1 rings (SSSR count). The number of amides is 1. The van der Waals surface area contributed by atoms with Gasteiger partial charge in [0, 0.05) is 0 Å². The van der Waals surface area contributed by atoms with Crippen LogP contribution in [0.3, 0.4) is 0 Å². The largest absolute Gasteiger partial charge is 0.399 e. The van der Waals surface area contributed by atoms with E-state index in [1.54, 1.807) is 0 Å². The van der Waals surface area contributed by atoms with Gasteiger partial charge in [0.05, 0.1) is 0 Å². The Kier molecular flexibility index (Phi) is 3.47. The van der Waals surface area contributed by atoms with Crippen LogP contribution in [0, 0.1) is 0 Å². The molecule has 2 unspecified atom stereocenters. The first-order chi connectivity index (χ1) is 7.67. The van der Waals surface area contributed by atoms with Crippen LogP contribution in [-0.2, 0) is 4.79 Å². The molecule has 0 aliphatic carbocycles. The summed E-state index contributed by atoms with van der Waals surface area (Å²) in [6, 6.07) is 6.71. The summed E-state index contributed by atoms with van der Waals surface area (Å²) in [6.07, 6.45) is -4.76. The summed E-state index contributed by atoms with van der Waals surface area (Å²) in [5.74, 6) is -3.75. The van der Waals surface area contributed by atoms with Gasteiger partial charge in [-0.15, -0.1) is 0 Å². The molecule has 3 N–H and O–H groups in total. The number of primary amides is 1. The van der Waals surface area contributed by atoms with Gasteiger partial charge >= 0.3 is 6.18 Å². The minimum absolute atomic E-state index is 0.205. The molecular weight excluding hydrogens is 235 g/mol. The number of hydrogen-bond acceptors (Lipinski definition) is 2. The number of nitrogens with two attached hydrogens (primary N) is 1. The monoisotopic (exact) mass is 247 g/mol. The summed E-state index contributed by atoms with van der Waals surface area (Å²) in [5.41, 5.74) is 1.93. The lowest BCUT2D eigenvalue weighted by molar-refractivity contribution is -0.195. The Balaban J connectivity index is 3.29. The van der Waals surface area contributed by atoms with Gasteiger partial charge in [-0.2, -0.15) is 13.2 Å². The van der Waals surface area contributed by atoms with Gasteiger partial charge in [-0.3, -0.25) is 4.79 Å². The van der Waals surface area contributed by atoms with Gasteiger partial charge < -0.3 is 10.8 Å². The van der Waals surface area contributed by atoms with Crippen LogP contribution in [0.1, 0.15) is 18.4 Å². The molecule has 0 aromatic heterocycles. The van der Waals surface area contributed by atoms with E-state index in [0.717, 1.165) is 6.92 Å². The third-order valence-electron chi connectivity index (χ3n) is 2.52. The van der Waals surface area contributed by atoms with Crippen molar-refractivity contribution in [3.63, 3.8) is 0 Å². The molecular formula is C11H12F3NO2. The van der Waals surface area contributed by atoms with E-state index in [1.807, 2.05) is 0 Å². The van der Waals surface area contributed by atoms with Gasteiger partial charge in [0.1, 0.15) is 5.92 Å². The SMILES string of the molecule is CC(O)(C(N)=O)C(c1ccccc1)C(F)(F)F. The zero-order valence-corrected chi connectivity index (χ0v) is 9.03. The molecule has 1 aromatic rings. The van der Waals surface area contributed by atoms with E-state index in [1.165, 1.54) is 30.3 Å². The van der Waals surface area contributed by atoms with Crippen LogP contribution in [-0.4, -0.2) is 22.8 Å². The minimum atomic E-state index is -4.76. The Labute approximate surface area is 96.0 Å². The second kappa shape index (κ2) is 4.37. The molecule has 0 saturated carbocycles. The summed E-state index contributed by atoms with van der Waals surface area (Å²) < 4.78 is 38.7. The molecule has 0 saturated heterocycles. The number of aliphatic hydroxyl groups is 1. The lowest BCUT2D eigenvalue weighted by Gasteiger charge is -2.31. The lowest BCUT2D eigenvalue weighted by atomic mass is 9.82. The molecule has 2 atom stereocenters. The van der Waals surface area contributed by atoms with Crippen LogP contribution in [0.5, 0.6) is 0 Å². The van der Waals surface area contributed by atoms with Crippen molar-refractivity contribution in [2.45, 2.75) is 24.6 Å². The molecule has 3 nitrogen and oxygen atoms in total. The van der Waals surface area contributed by atoms with Gasteiger partial charge in [-0.05, 0) is 12.5 Å². The first-order valence-electron chi connectivity index (χ1n) is 4.81. The molecule has 17 heavy (non-hydrogen) atoms. The average molecular weight is 247 g/mol. The zero-order valence-electron chi connectivity index (χ0n) is 9.03. The second-order valence-corrected chi connectivity index (χ2v) is 3.90. The zero-order chi connectivity index (χ0) is 13.3. The van der Waals surface area contributed by atoms with Crippen molar-refractivity contribution < 1.29 is 23.1 Å². The molecule has 1 amide bonds. The molecule has 1 aromatic carbocycles. The first-order valence-corrected chi connectivity index (χ1v) is 4.81. The number of alkyl halides is 3. The van der Waals surface area contributed by atoms with Crippen molar-refractivity contribution in [3.05, 3.63) is 35.9 Å². The maximum absolute atomic E-state index is 12.9. The predicted octanol–water partition coefficient (Wildman–Crippen LogP) is 1.57. The Bertz CT molecular complexity index is 401. The predicted molar refractivity (Wildman–Crippen MR) is 55.1 cm³/mol. The van der Waals surface area contributed by atoms with Gasteiger partial charge in [-0.25, -0.2) is 0 Å². The lowest BCUT2D eigenvalue weighted by Crippen LogP contribution is -2.51. The highest BCUT2D eigenvalue weighted by Crippen LogP contribution is 2.42. The van der Waals surface area contributed by atoms with Crippen molar-refractivity contribution >= 4 is 5.91 Å². The van der Waals surface area contributed by atoms with E-state index in [2.05, 4.69) is 0 Å². The summed E-state index contributed by atoms with van der Waals surface area (Å²) in [5, 5.41) is 9.65. The normalized spacial score (nSPS) is 17.2. The van der Waals surface area contributed by atoms with Crippen LogP contribution >= 0.6 is 0 Å². The van der Waals surface area contributed by atoms with E-state index in [0.29, 0.717) is 0 Å². The molecule has 0 heterocycles. The quantitative estimate of drug-likeness (QED) is 0.851. The molecule has 0 aliphatic heterocycles. The number of benzene rings is 1. The maximum Gasteiger partial charge on any atom is 0.399 e. The number of carbonyl (C=O) groups excluding carboxylic acids is 1. The average Bonchev–Trinajstić information content (AvgIpc) is 2.16. The van der Waals surface area contributed by atoms with Gasteiger partial charge in [-0.1, -0.05) is 30.3 Å². The highest BCUT2D eigenvalue weighted by Gasteiger charge is 2.54. The topological polar surface area (TPSA) is 63.3 Å². The van der Waals surface area contributed by atoms with Crippen LogP contribution in [0.15, 0.2) is 30.3 Å². The van der Waals surface area contributed by atoms with Gasteiger partial charge in [0.25, 0.3) is 0 Å². The van der Waals surface area contributed by atoms with Crippen molar-refractivity contribution in [1.29, 1.82) is 0 Å². The molecule has 94 valence electrons. The van der Waals surface area contributed by atoms with Crippen molar-refractivity contribution in [2.24, 2.45) is 5.73 Å². The van der Waals surface area contributed by atoms with Crippen LogP contribution in [0.2, 0.25) is 0 Å². The van der Waals surface area contributed by atoms with E-state index < -0.39 is 23.6 Å². The molecule has 0 fully saturated rings. The maximum atomic E-state index is 12.9. The van der Waals surface area contributed by atoms with Crippen molar-refractivity contribution in [1.82, 2.24) is 0 Å². The summed E-state index contributed by atoms with van der Waals surface area (Å²) in [7, 11) is 0. The van der Waals surface area contributed by atoms with Crippen LogP contribution < -0.4 is 5.73 Å². The molecule has 0 spiro atoms. The Hall–Kier alpha value is -1.56. The minimum Gasteiger partial charge on any atom is -0.379 e. The Morgan fingerprint density at radius 3 is 2.12 bits per heavy atom. The van der Waals surface area contributed by atoms with Gasteiger partial charge in [0.15, 0.2) is 5.60 Å². The molecule has 0 aliphatic rings. The highest BCUT2D eigenvalue weighted by atomic mass is 19.4. The molecule has 0 bridgehead atoms. The van der Waals surface area contributed by atoms with Crippen LogP contribution in [0.4, 0.5) is 13.2 Å². The first kappa shape index (κ1) is 13.5. The fourth-order valence-corrected chi connectivity index (χ4v) is 1.62. The summed E-state index contributed by atoms with van der Waals surface area (Å²) >= 11 is 0. The number of hydrogen-bond donors (Lipinski definition) is 2. The Morgan fingerprint density at radius 2 is 1.76 bits per heavy atom. The van der Waals surface area contributed by atoms with E-state index in [9.17, 15) is 23.1 Å². The summed E-state index contributed by atoms with van der Waals surface area (Å²) in [4.78, 5) is 11.0. The van der Waals surface area contributed by atoms with Crippen LogP contribution in [0.25, 0.3) is 0 Å². The second-order valence-electron chi connectivity index (χ2n) is 3.90. The van der Waals surface area contributed by atoms with E-state index in [-0.39, 0.29) is 5.56 Å². The van der Waals surface area contributed by atoms with E-state index >= 15 is 0 Å². The molecule has 6 heteroatoms. The third-order valence-corrected chi connectivity index (χ3v) is 2.52. The number of rotatable bonds is 3. The fraction of sp³-hybridized carbons (Fsp3) is 0.364. The van der Waals surface area contributed by atoms with Crippen molar-refractivity contribution in [2.75, 3.05) is 0 Å². The highest BCUT2D eigenvalue weighted by molar-refractivity contribution is 5.84. The summed E-state index contributed by atoms with van der Waals surface area (Å²) in [6.45, 7) is 0.764. The standard InChI is InChI=1S/C11H12F3NO2/c1-10(17,9(15)16)8(11(12,13)14)7-5-3-2-4-6-7/h2-6,8,17H,1H3,(H2,15,16). The van der Waals surface area contributed by atoms with Gasteiger partial charge in [0.2, 0.25) is 5.91 Å². The number of carbonyl (C=O) groups is 1. The number of halogens is 3. The fourth-order valence-electron chi connectivity index (χ4n) is 1.62. The third kappa shape index (κ3) is 2.76. The van der Waals surface area contributed by atoms with E-state index in [4.69, 9.17) is 5.73 Å². The Morgan fingerprint density at radius 1 is 1.29 bits per heavy atom.